The summed E-state index contributed by atoms with van der Waals surface area (Å²) in [5.41, 5.74) is 5.63. The van der Waals surface area contributed by atoms with E-state index in [1.54, 1.807) is 12.1 Å². The number of aliphatic carboxylic acids is 1. The Morgan fingerprint density at radius 3 is 2.18 bits per heavy atom. The van der Waals surface area contributed by atoms with Gasteiger partial charge < -0.3 is 10.4 Å². The smallest absolute Gasteiger partial charge is 0.320 e. The van der Waals surface area contributed by atoms with Crippen LogP contribution in [0.1, 0.15) is 39.9 Å². The van der Waals surface area contributed by atoms with Crippen molar-refractivity contribution in [3.05, 3.63) is 95.1 Å². The molecule has 0 bridgehead atoms. The molecule has 0 saturated heterocycles. The molecule has 0 aliphatic heterocycles. The maximum absolute atomic E-state index is 12.4. The summed E-state index contributed by atoms with van der Waals surface area (Å²) in [5.74, 6) is -2.04. The van der Waals surface area contributed by atoms with Crippen molar-refractivity contribution in [2.24, 2.45) is 0 Å². The Kier molecular flexibility index (Phi) is 8.11. The van der Waals surface area contributed by atoms with E-state index in [0.29, 0.717) is 12.1 Å². The van der Waals surface area contributed by atoms with E-state index in [1.807, 2.05) is 74.5 Å². The number of aryl methyl sites for hydroxylation is 1. The lowest BCUT2D eigenvalue weighted by atomic mass is 10.0. The van der Waals surface area contributed by atoms with Crippen molar-refractivity contribution in [1.82, 2.24) is 10.6 Å². The van der Waals surface area contributed by atoms with Gasteiger partial charge in [-0.2, -0.15) is 0 Å². The largest absolute Gasteiger partial charge is 0.480 e. The first-order valence-corrected chi connectivity index (χ1v) is 10.9. The lowest BCUT2D eigenvalue weighted by Gasteiger charge is -2.16. The molecule has 0 fully saturated rings. The maximum Gasteiger partial charge on any atom is 0.320 e. The Balaban J connectivity index is 1.51. The van der Waals surface area contributed by atoms with Gasteiger partial charge in [-0.15, -0.1) is 0 Å². The van der Waals surface area contributed by atoms with Gasteiger partial charge in [0.05, 0.1) is 0 Å². The summed E-state index contributed by atoms with van der Waals surface area (Å²) < 4.78 is 0. The molecule has 170 valence electrons. The van der Waals surface area contributed by atoms with E-state index in [2.05, 4.69) is 10.6 Å². The highest BCUT2D eigenvalue weighted by Crippen LogP contribution is 2.19. The average molecular weight is 445 g/mol. The molecule has 3 N–H and O–H groups in total. The van der Waals surface area contributed by atoms with Gasteiger partial charge >= 0.3 is 5.97 Å². The van der Waals surface area contributed by atoms with Gasteiger partial charge in [0, 0.05) is 18.5 Å². The fourth-order valence-electron chi connectivity index (χ4n) is 3.53. The summed E-state index contributed by atoms with van der Waals surface area (Å²) in [6.07, 6.45) is -0.00311. The van der Waals surface area contributed by atoms with Crippen molar-refractivity contribution < 1.29 is 19.5 Å². The van der Waals surface area contributed by atoms with Crippen LogP contribution in [0.15, 0.2) is 72.8 Å². The summed E-state index contributed by atoms with van der Waals surface area (Å²) in [4.78, 5) is 36.3. The molecule has 0 unspecified atom stereocenters. The first kappa shape index (κ1) is 23.9. The van der Waals surface area contributed by atoms with Crippen LogP contribution in [0.5, 0.6) is 0 Å². The predicted molar refractivity (Wildman–Crippen MR) is 128 cm³/mol. The number of hydrogen-bond donors (Lipinski definition) is 3. The van der Waals surface area contributed by atoms with Crippen molar-refractivity contribution in [3.63, 3.8) is 0 Å². The van der Waals surface area contributed by atoms with Gasteiger partial charge in [-0.3, -0.25) is 19.7 Å². The normalized spacial score (nSPS) is 11.6. The van der Waals surface area contributed by atoms with Crippen molar-refractivity contribution in [1.29, 1.82) is 0 Å². The molecule has 0 saturated carbocycles. The second kappa shape index (κ2) is 11.2. The molecule has 0 radical (unpaired) electrons. The highest BCUT2D eigenvalue weighted by molar-refractivity contribution is 6.04. The molecule has 1 atom stereocenters. The lowest BCUT2D eigenvalue weighted by molar-refractivity contribution is -0.139. The quantitative estimate of drug-likeness (QED) is 0.459. The van der Waals surface area contributed by atoms with Gasteiger partial charge in [-0.25, -0.2) is 0 Å². The molecular weight excluding hydrogens is 416 g/mol. The van der Waals surface area contributed by atoms with E-state index in [9.17, 15) is 19.5 Å². The average Bonchev–Trinajstić information content (AvgIpc) is 2.82. The number of amides is 2. The van der Waals surface area contributed by atoms with Crippen LogP contribution in [-0.4, -0.2) is 28.9 Å². The van der Waals surface area contributed by atoms with Crippen LogP contribution in [-0.2, 0) is 16.1 Å². The van der Waals surface area contributed by atoms with E-state index in [0.717, 1.165) is 27.8 Å². The molecule has 0 spiro atoms. The number of carbonyl (C=O) groups excluding carboxylic acids is 2. The third-order valence-electron chi connectivity index (χ3n) is 5.72. The van der Waals surface area contributed by atoms with E-state index in [4.69, 9.17) is 0 Å². The molecule has 0 aliphatic carbocycles. The highest BCUT2D eigenvalue weighted by Gasteiger charge is 2.20. The zero-order valence-corrected chi connectivity index (χ0v) is 18.8. The summed E-state index contributed by atoms with van der Waals surface area (Å²) in [7, 11) is 0. The maximum atomic E-state index is 12.4. The Hall–Kier alpha value is -3.77. The zero-order valence-electron chi connectivity index (χ0n) is 18.8. The lowest BCUT2D eigenvalue weighted by Crippen LogP contribution is -2.38. The van der Waals surface area contributed by atoms with Crippen molar-refractivity contribution in [2.45, 2.75) is 39.3 Å². The predicted octanol–water partition coefficient (Wildman–Crippen LogP) is 4.25. The van der Waals surface area contributed by atoms with Gasteiger partial charge in [0.1, 0.15) is 6.04 Å². The van der Waals surface area contributed by atoms with E-state index in [-0.39, 0.29) is 12.8 Å². The van der Waals surface area contributed by atoms with Crippen LogP contribution in [0.3, 0.4) is 0 Å². The van der Waals surface area contributed by atoms with E-state index >= 15 is 0 Å². The fourth-order valence-corrected chi connectivity index (χ4v) is 3.53. The molecule has 2 amide bonds. The Bertz CT molecular complexity index is 1120. The molecule has 3 rings (SSSR count). The number of hydrogen-bond acceptors (Lipinski definition) is 4. The number of benzene rings is 3. The van der Waals surface area contributed by atoms with Crippen molar-refractivity contribution in [3.8, 4) is 11.1 Å². The number of carboxylic acids is 1. The molecule has 3 aromatic rings. The molecule has 0 aliphatic rings. The molecule has 6 heteroatoms. The summed E-state index contributed by atoms with van der Waals surface area (Å²) in [5, 5.41) is 14.8. The Morgan fingerprint density at radius 1 is 0.848 bits per heavy atom. The second-order valence-corrected chi connectivity index (χ2v) is 7.99. The molecule has 0 heterocycles. The number of carboxylic acid groups (broad SMARTS) is 1. The fraction of sp³-hybridized carbons (Fsp3) is 0.222. The minimum atomic E-state index is -1.03. The van der Waals surface area contributed by atoms with Gasteiger partial charge in [0.25, 0.3) is 5.91 Å². The topological polar surface area (TPSA) is 95.5 Å². The summed E-state index contributed by atoms with van der Waals surface area (Å²) >= 11 is 0. The third-order valence-corrected chi connectivity index (χ3v) is 5.72. The first-order chi connectivity index (χ1) is 15.8. The van der Waals surface area contributed by atoms with E-state index < -0.39 is 23.8 Å². The molecule has 0 aromatic heterocycles. The van der Waals surface area contributed by atoms with Crippen LogP contribution >= 0.6 is 0 Å². The van der Waals surface area contributed by atoms with Crippen LogP contribution in [0.25, 0.3) is 11.1 Å². The first-order valence-electron chi connectivity index (χ1n) is 10.9. The molecular formula is C27H28N2O4. The minimum absolute atomic E-state index is 0.0756. The monoisotopic (exact) mass is 444 g/mol. The van der Waals surface area contributed by atoms with Crippen molar-refractivity contribution >= 4 is 17.8 Å². The van der Waals surface area contributed by atoms with Crippen LogP contribution < -0.4 is 10.6 Å². The summed E-state index contributed by atoms with van der Waals surface area (Å²) in [6.45, 7) is 4.39. The zero-order chi connectivity index (χ0) is 23.8. The van der Waals surface area contributed by atoms with Crippen LogP contribution in [0, 0.1) is 13.8 Å². The van der Waals surface area contributed by atoms with Gasteiger partial charge in [0.2, 0.25) is 5.91 Å². The minimum Gasteiger partial charge on any atom is -0.480 e. The van der Waals surface area contributed by atoms with Crippen molar-refractivity contribution in [2.75, 3.05) is 0 Å². The number of carbonyl (C=O) groups is 3. The summed E-state index contributed by atoms with van der Waals surface area (Å²) in [6, 6.07) is 21.7. The number of rotatable bonds is 9. The molecule has 33 heavy (non-hydrogen) atoms. The van der Waals surface area contributed by atoms with Gasteiger partial charge in [0.15, 0.2) is 0 Å². The molecule has 6 nitrogen and oxygen atoms in total. The van der Waals surface area contributed by atoms with Crippen LogP contribution in [0.2, 0.25) is 0 Å². The van der Waals surface area contributed by atoms with Gasteiger partial charge in [-0.1, -0.05) is 60.7 Å². The second-order valence-electron chi connectivity index (χ2n) is 7.99. The van der Waals surface area contributed by atoms with Crippen LogP contribution in [0.4, 0.5) is 0 Å². The number of nitrogens with one attached hydrogen (secondary N) is 2. The highest BCUT2D eigenvalue weighted by atomic mass is 16.4. The molecule has 3 aromatic carbocycles. The standard InChI is InChI=1S/C27H28N2O4/c1-18-7-6-10-23(19(18)2)17-28-24(27(32)33)15-16-25(30)29-26(31)22-13-11-21(12-14-22)20-8-4-3-5-9-20/h3-14,24,28H,15-17H2,1-2H3,(H,32,33)(H,29,30,31)/t24-/m0/s1. The Labute approximate surface area is 193 Å². The SMILES string of the molecule is Cc1cccc(CN[C@@H](CCC(=O)NC(=O)c2ccc(-c3ccccc3)cc2)C(=O)O)c1C. The van der Waals surface area contributed by atoms with E-state index in [1.165, 1.54) is 0 Å². The van der Waals surface area contributed by atoms with Gasteiger partial charge in [-0.05, 0) is 60.2 Å². The number of imide groups is 1. The third kappa shape index (κ3) is 6.60. The Morgan fingerprint density at radius 2 is 1.52 bits per heavy atom.